The molecule has 1 aromatic rings. The molecule has 0 amide bonds. The summed E-state index contributed by atoms with van der Waals surface area (Å²) >= 11 is 4.86. The lowest BCUT2D eigenvalue weighted by Crippen LogP contribution is -2.18. The molecule has 0 radical (unpaired) electrons. The first-order valence-corrected chi connectivity index (χ1v) is 7.39. The van der Waals surface area contributed by atoms with Gasteiger partial charge in [0.15, 0.2) is 0 Å². The molecule has 18 heavy (non-hydrogen) atoms. The van der Waals surface area contributed by atoms with E-state index in [2.05, 4.69) is 4.72 Å². The van der Waals surface area contributed by atoms with Crippen molar-refractivity contribution in [2.75, 3.05) is 11.8 Å². The van der Waals surface area contributed by atoms with Crippen molar-refractivity contribution in [1.29, 1.82) is 0 Å². The number of rotatable bonds is 5. The molecular weight excluding hydrogens is 272 g/mol. The van der Waals surface area contributed by atoms with Crippen LogP contribution in [0.25, 0.3) is 0 Å². The van der Waals surface area contributed by atoms with Crippen LogP contribution in [-0.2, 0) is 10.0 Å². The van der Waals surface area contributed by atoms with Crippen molar-refractivity contribution in [3.63, 3.8) is 0 Å². The SMILES string of the molecule is COc1cc(C(N)=S)ccc1NS(=O)(=O)C1CC1. The van der Waals surface area contributed by atoms with Gasteiger partial charge in [0.25, 0.3) is 0 Å². The Morgan fingerprint density at radius 1 is 1.50 bits per heavy atom. The van der Waals surface area contributed by atoms with E-state index in [1.165, 1.54) is 7.11 Å². The lowest BCUT2D eigenvalue weighted by atomic mass is 10.2. The third kappa shape index (κ3) is 2.73. The first-order chi connectivity index (χ1) is 8.44. The van der Waals surface area contributed by atoms with Gasteiger partial charge in [-0.25, -0.2) is 8.42 Å². The van der Waals surface area contributed by atoms with Crippen molar-refractivity contribution < 1.29 is 13.2 Å². The maximum Gasteiger partial charge on any atom is 0.235 e. The van der Waals surface area contributed by atoms with Crippen LogP contribution < -0.4 is 15.2 Å². The molecule has 3 N–H and O–H groups in total. The Hall–Kier alpha value is -1.34. The van der Waals surface area contributed by atoms with Crippen LogP contribution in [0.1, 0.15) is 18.4 Å². The van der Waals surface area contributed by atoms with E-state index < -0.39 is 10.0 Å². The van der Waals surface area contributed by atoms with Gasteiger partial charge in [0.05, 0.1) is 18.0 Å². The van der Waals surface area contributed by atoms with Crippen molar-refractivity contribution in [2.45, 2.75) is 18.1 Å². The molecule has 0 atom stereocenters. The Morgan fingerprint density at radius 3 is 2.67 bits per heavy atom. The number of methoxy groups -OCH3 is 1. The predicted octanol–water partition coefficient (Wildman–Crippen LogP) is 1.23. The minimum atomic E-state index is -3.30. The number of hydrogen-bond donors (Lipinski definition) is 2. The van der Waals surface area contributed by atoms with E-state index in [0.717, 1.165) is 0 Å². The summed E-state index contributed by atoms with van der Waals surface area (Å²) in [5.74, 6) is 0.407. The number of benzene rings is 1. The van der Waals surface area contributed by atoms with Crippen LogP contribution in [0, 0.1) is 0 Å². The smallest absolute Gasteiger partial charge is 0.235 e. The molecule has 2 rings (SSSR count). The summed E-state index contributed by atoms with van der Waals surface area (Å²) in [5.41, 5.74) is 6.55. The lowest BCUT2D eigenvalue weighted by Gasteiger charge is -2.12. The molecule has 0 unspecified atom stereocenters. The standard InChI is InChI=1S/C11H14N2O3S2/c1-16-10-6-7(11(12)17)2-5-9(10)13-18(14,15)8-3-4-8/h2,5-6,8,13H,3-4H2,1H3,(H2,12,17). The number of sulfonamides is 1. The monoisotopic (exact) mass is 286 g/mol. The van der Waals surface area contributed by atoms with Crippen molar-refractivity contribution in [3.8, 4) is 5.75 Å². The highest BCUT2D eigenvalue weighted by Crippen LogP contribution is 2.33. The van der Waals surface area contributed by atoms with E-state index >= 15 is 0 Å². The van der Waals surface area contributed by atoms with E-state index in [-0.39, 0.29) is 10.2 Å². The van der Waals surface area contributed by atoms with Gasteiger partial charge in [-0.1, -0.05) is 12.2 Å². The van der Waals surface area contributed by atoms with Crippen LogP contribution in [-0.4, -0.2) is 25.8 Å². The van der Waals surface area contributed by atoms with Crippen LogP contribution >= 0.6 is 12.2 Å². The van der Waals surface area contributed by atoms with E-state index in [1.54, 1.807) is 18.2 Å². The molecular formula is C11H14N2O3S2. The van der Waals surface area contributed by atoms with Gasteiger partial charge in [-0.2, -0.15) is 0 Å². The number of nitrogens with one attached hydrogen (secondary N) is 1. The molecule has 0 aliphatic heterocycles. The molecule has 1 aliphatic carbocycles. The van der Waals surface area contributed by atoms with Gasteiger partial charge < -0.3 is 10.5 Å². The molecule has 0 spiro atoms. The van der Waals surface area contributed by atoms with Gasteiger partial charge in [-0.3, -0.25) is 4.72 Å². The highest BCUT2D eigenvalue weighted by molar-refractivity contribution is 7.93. The fourth-order valence-corrected chi connectivity index (χ4v) is 3.07. The van der Waals surface area contributed by atoms with Crippen LogP contribution in [0.2, 0.25) is 0 Å². The highest BCUT2D eigenvalue weighted by atomic mass is 32.2. The van der Waals surface area contributed by atoms with Gasteiger partial charge in [-0.15, -0.1) is 0 Å². The van der Waals surface area contributed by atoms with Crippen LogP contribution in [0.3, 0.4) is 0 Å². The fourth-order valence-electron chi connectivity index (χ4n) is 1.54. The summed E-state index contributed by atoms with van der Waals surface area (Å²) in [4.78, 5) is 0.241. The second-order valence-corrected chi connectivity index (χ2v) is 6.53. The first kappa shape index (κ1) is 13.1. The normalized spacial score (nSPS) is 15.2. The minimum Gasteiger partial charge on any atom is -0.495 e. The van der Waals surface area contributed by atoms with Crippen LogP contribution in [0.5, 0.6) is 5.75 Å². The van der Waals surface area contributed by atoms with E-state index in [0.29, 0.717) is 29.8 Å². The van der Waals surface area contributed by atoms with Gasteiger partial charge in [0.2, 0.25) is 10.0 Å². The molecule has 0 aromatic heterocycles. The maximum absolute atomic E-state index is 11.8. The Kier molecular flexibility index (Phi) is 3.45. The molecule has 1 aromatic carbocycles. The number of nitrogens with two attached hydrogens (primary N) is 1. The zero-order valence-electron chi connectivity index (χ0n) is 9.84. The molecule has 0 bridgehead atoms. The summed E-state index contributed by atoms with van der Waals surface area (Å²) in [6.07, 6.45) is 1.42. The molecule has 1 saturated carbocycles. The quantitative estimate of drug-likeness (QED) is 0.796. The highest BCUT2D eigenvalue weighted by Gasteiger charge is 2.36. The third-order valence-electron chi connectivity index (χ3n) is 2.70. The molecule has 1 fully saturated rings. The van der Waals surface area contributed by atoms with E-state index in [4.69, 9.17) is 22.7 Å². The molecule has 7 heteroatoms. The molecule has 1 aliphatic rings. The van der Waals surface area contributed by atoms with E-state index in [9.17, 15) is 8.42 Å². The Morgan fingerprint density at radius 2 is 2.17 bits per heavy atom. The number of hydrogen-bond acceptors (Lipinski definition) is 4. The number of anilines is 1. The zero-order valence-corrected chi connectivity index (χ0v) is 11.5. The van der Waals surface area contributed by atoms with Crippen LogP contribution in [0.4, 0.5) is 5.69 Å². The second-order valence-electron chi connectivity index (χ2n) is 4.13. The van der Waals surface area contributed by atoms with Crippen molar-refractivity contribution >= 4 is 32.9 Å². The number of thiocarbonyl (C=S) groups is 1. The second kappa shape index (κ2) is 4.74. The average molecular weight is 286 g/mol. The Labute approximate surface area is 111 Å². The largest absolute Gasteiger partial charge is 0.495 e. The van der Waals surface area contributed by atoms with Gasteiger partial charge in [-0.05, 0) is 31.0 Å². The Bertz CT molecular complexity index is 580. The first-order valence-electron chi connectivity index (χ1n) is 5.43. The summed E-state index contributed by atoms with van der Waals surface area (Å²) in [6.45, 7) is 0. The molecule has 0 heterocycles. The third-order valence-corrected chi connectivity index (χ3v) is 4.79. The maximum atomic E-state index is 11.8. The topological polar surface area (TPSA) is 81.4 Å². The number of ether oxygens (including phenoxy) is 1. The van der Waals surface area contributed by atoms with E-state index in [1.807, 2.05) is 0 Å². The van der Waals surface area contributed by atoms with Gasteiger partial charge >= 0.3 is 0 Å². The summed E-state index contributed by atoms with van der Waals surface area (Å²) in [6, 6.07) is 4.88. The summed E-state index contributed by atoms with van der Waals surface area (Å²) in [7, 11) is -1.83. The van der Waals surface area contributed by atoms with Crippen molar-refractivity contribution in [2.24, 2.45) is 5.73 Å². The molecule has 98 valence electrons. The molecule has 0 saturated heterocycles. The minimum absolute atomic E-state index is 0.241. The van der Waals surface area contributed by atoms with Crippen molar-refractivity contribution in [3.05, 3.63) is 23.8 Å². The van der Waals surface area contributed by atoms with Crippen LogP contribution in [0.15, 0.2) is 18.2 Å². The fraction of sp³-hybridized carbons (Fsp3) is 0.364. The van der Waals surface area contributed by atoms with Crippen molar-refractivity contribution in [1.82, 2.24) is 0 Å². The Balaban J connectivity index is 2.30. The van der Waals surface area contributed by atoms with Gasteiger partial charge in [0, 0.05) is 5.56 Å². The zero-order chi connectivity index (χ0) is 13.3. The molecule has 5 nitrogen and oxygen atoms in total. The average Bonchev–Trinajstić information content (AvgIpc) is 3.12. The summed E-state index contributed by atoms with van der Waals surface area (Å²) < 4.78 is 31.3. The predicted molar refractivity (Wildman–Crippen MR) is 74.4 cm³/mol. The summed E-state index contributed by atoms with van der Waals surface area (Å²) in [5, 5.41) is -0.280. The lowest BCUT2D eigenvalue weighted by molar-refractivity contribution is 0.417. The van der Waals surface area contributed by atoms with Gasteiger partial charge in [0.1, 0.15) is 10.7 Å².